The van der Waals surface area contributed by atoms with E-state index in [4.69, 9.17) is 16.7 Å². The number of hydrogen-bond donors (Lipinski definition) is 2. The molecule has 0 fully saturated rings. The summed E-state index contributed by atoms with van der Waals surface area (Å²) in [4.78, 5) is 22.4. The molecule has 1 unspecified atom stereocenters. The molecule has 1 amide bonds. The lowest BCUT2D eigenvalue weighted by molar-refractivity contribution is -0.137. The second kappa shape index (κ2) is 7.14. The van der Waals surface area contributed by atoms with Gasteiger partial charge >= 0.3 is 5.97 Å². The molecule has 0 saturated heterocycles. The quantitative estimate of drug-likeness (QED) is 0.843. The van der Waals surface area contributed by atoms with Crippen LogP contribution in [0.4, 0.5) is 0 Å². The van der Waals surface area contributed by atoms with Crippen LogP contribution >= 0.6 is 11.6 Å². The van der Waals surface area contributed by atoms with E-state index in [2.05, 4.69) is 5.32 Å². The number of aryl methyl sites for hydroxylation is 1. The summed E-state index contributed by atoms with van der Waals surface area (Å²) >= 11 is 5.86. The predicted octanol–water partition coefficient (Wildman–Crippen LogP) is 2.88. The summed E-state index contributed by atoms with van der Waals surface area (Å²) < 4.78 is 0. The first-order valence-corrected chi connectivity index (χ1v) is 6.54. The van der Waals surface area contributed by atoms with Gasteiger partial charge < -0.3 is 10.4 Å². The van der Waals surface area contributed by atoms with Gasteiger partial charge in [0.2, 0.25) is 0 Å². The maximum atomic E-state index is 12.0. The van der Waals surface area contributed by atoms with E-state index >= 15 is 0 Å². The number of rotatable bonds is 6. The lowest BCUT2D eigenvalue weighted by atomic mass is 10.0. The average Bonchev–Trinajstić information content (AvgIpc) is 2.36. The summed E-state index contributed by atoms with van der Waals surface area (Å²) in [7, 11) is 0. The van der Waals surface area contributed by atoms with Crippen molar-refractivity contribution in [2.24, 2.45) is 5.92 Å². The first kappa shape index (κ1) is 15.5. The molecule has 5 heteroatoms. The number of benzene rings is 1. The number of halogens is 1. The fourth-order valence-corrected chi connectivity index (χ4v) is 1.85. The van der Waals surface area contributed by atoms with Crippen LogP contribution in [0.2, 0.25) is 5.02 Å². The molecule has 104 valence electrons. The Bertz CT molecular complexity index is 474. The highest BCUT2D eigenvalue weighted by atomic mass is 35.5. The summed E-state index contributed by atoms with van der Waals surface area (Å²) in [6.07, 6.45) is 0.664. The molecule has 19 heavy (non-hydrogen) atoms. The van der Waals surface area contributed by atoms with Crippen LogP contribution < -0.4 is 5.32 Å². The number of amides is 1. The lowest BCUT2D eigenvalue weighted by Gasteiger charge is -2.12. The molecule has 0 saturated carbocycles. The van der Waals surface area contributed by atoms with Crippen molar-refractivity contribution in [1.29, 1.82) is 0 Å². The molecule has 1 aromatic carbocycles. The Morgan fingerprint density at radius 1 is 1.42 bits per heavy atom. The highest BCUT2D eigenvalue weighted by Crippen LogP contribution is 2.15. The number of aliphatic carboxylic acids is 1. The van der Waals surface area contributed by atoms with Crippen molar-refractivity contribution in [2.75, 3.05) is 6.54 Å². The van der Waals surface area contributed by atoms with Gasteiger partial charge in [-0.25, -0.2) is 0 Å². The molecule has 2 N–H and O–H groups in total. The zero-order valence-corrected chi connectivity index (χ0v) is 11.8. The highest BCUT2D eigenvalue weighted by Gasteiger charge is 2.11. The molecule has 0 aliphatic rings. The molecule has 1 rings (SSSR count). The monoisotopic (exact) mass is 283 g/mol. The van der Waals surface area contributed by atoms with Crippen molar-refractivity contribution in [3.63, 3.8) is 0 Å². The molecule has 4 nitrogen and oxygen atoms in total. The van der Waals surface area contributed by atoms with Crippen molar-refractivity contribution in [3.05, 3.63) is 34.3 Å². The largest absolute Gasteiger partial charge is 0.481 e. The summed E-state index contributed by atoms with van der Waals surface area (Å²) in [6.45, 7) is 4.21. The fourth-order valence-electron chi connectivity index (χ4n) is 1.67. The van der Waals surface area contributed by atoms with E-state index in [0.717, 1.165) is 5.56 Å². The maximum Gasteiger partial charge on any atom is 0.303 e. The minimum atomic E-state index is -0.816. The first-order valence-electron chi connectivity index (χ1n) is 6.16. The SMILES string of the molecule is Cc1ccc(Cl)cc1C(=O)NCC(C)CCC(=O)O. The van der Waals surface area contributed by atoms with Crippen molar-refractivity contribution in [1.82, 2.24) is 5.32 Å². The van der Waals surface area contributed by atoms with Crippen LogP contribution in [-0.4, -0.2) is 23.5 Å². The van der Waals surface area contributed by atoms with Gasteiger partial charge in [-0.15, -0.1) is 0 Å². The van der Waals surface area contributed by atoms with Crippen molar-refractivity contribution >= 4 is 23.5 Å². The van der Waals surface area contributed by atoms with Crippen molar-refractivity contribution < 1.29 is 14.7 Å². The molecule has 0 aliphatic carbocycles. The van der Waals surface area contributed by atoms with Gasteiger partial charge in [0, 0.05) is 23.6 Å². The first-order chi connectivity index (χ1) is 8.90. The fraction of sp³-hybridized carbons (Fsp3) is 0.429. The van der Waals surface area contributed by atoms with Gasteiger partial charge in [0.15, 0.2) is 0 Å². The van der Waals surface area contributed by atoms with Crippen LogP contribution in [0.25, 0.3) is 0 Å². The number of carboxylic acid groups (broad SMARTS) is 1. The van der Waals surface area contributed by atoms with E-state index in [1.165, 1.54) is 0 Å². The summed E-state index contributed by atoms with van der Waals surface area (Å²) in [6, 6.07) is 5.17. The van der Waals surface area contributed by atoms with Crippen LogP contribution in [0.3, 0.4) is 0 Å². The van der Waals surface area contributed by atoms with Gasteiger partial charge in [-0.05, 0) is 37.0 Å². The number of carbonyl (C=O) groups excluding carboxylic acids is 1. The number of hydrogen-bond acceptors (Lipinski definition) is 2. The summed E-state index contributed by atoms with van der Waals surface area (Å²) in [5, 5.41) is 11.9. The molecular formula is C14H18ClNO3. The second-order valence-corrected chi connectivity index (χ2v) is 5.14. The minimum absolute atomic E-state index is 0.118. The van der Waals surface area contributed by atoms with E-state index in [9.17, 15) is 9.59 Å². The van der Waals surface area contributed by atoms with Crippen LogP contribution in [0.15, 0.2) is 18.2 Å². The normalized spacial score (nSPS) is 11.9. The molecule has 1 aromatic rings. The number of nitrogens with one attached hydrogen (secondary N) is 1. The lowest BCUT2D eigenvalue weighted by Crippen LogP contribution is -2.29. The van der Waals surface area contributed by atoms with Gasteiger partial charge in [0.05, 0.1) is 0 Å². The van der Waals surface area contributed by atoms with Gasteiger partial charge in [0.1, 0.15) is 0 Å². The van der Waals surface area contributed by atoms with Crippen molar-refractivity contribution in [2.45, 2.75) is 26.7 Å². The molecular weight excluding hydrogens is 266 g/mol. The van der Waals surface area contributed by atoms with E-state index in [1.807, 2.05) is 13.8 Å². The van der Waals surface area contributed by atoms with Crippen LogP contribution in [0.5, 0.6) is 0 Å². The summed E-state index contributed by atoms with van der Waals surface area (Å²) in [5.41, 5.74) is 1.41. The highest BCUT2D eigenvalue weighted by molar-refractivity contribution is 6.31. The Balaban J connectivity index is 2.51. The second-order valence-electron chi connectivity index (χ2n) is 4.71. The molecule has 0 aromatic heterocycles. The van der Waals surface area contributed by atoms with E-state index in [-0.39, 0.29) is 18.2 Å². The molecule has 0 bridgehead atoms. The molecule has 0 aliphatic heterocycles. The van der Waals surface area contributed by atoms with Crippen LogP contribution in [0, 0.1) is 12.8 Å². The summed E-state index contributed by atoms with van der Waals surface area (Å²) in [5.74, 6) is -0.870. The molecule has 1 atom stereocenters. The molecule has 0 spiro atoms. The Kier molecular flexibility index (Phi) is 5.83. The third-order valence-electron chi connectivity index (χ3n) is 2.91. The molecule has 0 radical (unpaired) electrons. The average molecular weight is 284 g/mol. The molecule has 0 heterocycles. The Labute approximate surface area is 117 Å². The Morgan fingerprint density at radius 3 is 2.74 bits per heavy atom. The number of carboxylic acids is 1. The van der Waals surface area contributed by atoms with Crippen LogP contribution in [0.1, 0.15) is 35.7 Å². The topological polar surface area (TPSA) is 66.4 Å². The van der Waals surface area contributed by atoms with Gasteiger partial charge in [-0.2, -0.15) is 0 Å². The maximum absolute atomic E-state index is 12.0. The Hall–Kier alpha value is -1.55. The third kappa shape index (κ3) is 5.30. The van der Waals surface area contributed by atoms with E-state index < -0.39 is 5.97 Å². The Morgan fingerprint density at radius 2 is 2.11 bits per heavy atom. The third-order valence-corrected chi connectivity index (χ3v) is 3.14. The van der Waals surface area contributed by atoms with E-state index in [1.54, 1.807) is 18.2 Å². The van der Waals surface area contributed by atoms with Crippen molar-refractivity contribution in [3.8, 4) is 0 Å². The van der Waals surface area contributed by atoms with Gasteiger partial charge in [0.25, 0.3) is 5.91 Å². The van der Waals surface area contributed by atoms with Gasteiger partial charge in [-0.1, -0.05) is 24.6 Å². The zero-order valence-electron chi connectivity index (χ0n) is 11.1. The smallest absolute Gasteiger partial charge is 0.303 e. The van der Waals surface area contributed by atoms with E-state index in [0.29, 0.717) is 23.6 Å². The zero-order chi connectivity index (χ0) is 14.4. The minimum Gasteiger partial charge on any atom is -0.481 e. The number of carbonyl (C=O) groups is 2. The predicted molar refractivity (Wildman–Crippen MR) is 74.6 cm³/mol. The van der Waals surface area contributed by atoms with Gasteiger partial charge in [-0.3, -0.25) is 9.59 Å². The van der Waals surface area contributed by atoms with Crippen LogP contribution in [-0.2, 0) is 4.79 Å². The standard InChI is InChI=1S/C14H18ClNO3/c1-9(3-6-13(17)18)8-16-14(19)12-7-11(15)5-4-10(12)2/h4-5,7,9H,3,6,8H2,1-2H3,(H,16,19)(H,17,18).